The van der Waals surface area contributed by atoms with Crippen LogP contribution in [0.4, 0.5) is 5.69 Å². The van der Waals surface area contributed by atoms with Gasteiger partial charge in [-0.05, 0) is 42.7 Å². The molecule has 1 spiro atoms. The first-order valence-electron chi connectivity index (χ1n) is 15.0. The summed E-state index contributed by atoms with van der Waals surface area (Å²) in [5.74, 6) is -1.28. The van der Waals surface area contributed by atoms with Crippen LogP contribution in [0.25, 0.3) is 0 Å². The van der Waals surface area contributed by atoms with Crippen molar-refractivity contribution in [1.29, 1.82) is 0 Å². The van der Waals surface area contributed by atoms with Gasteiger partial charge >= 0.3 is 0 Å². The number of likely N-dealkylation sites (tertiary alicyclic amines) is 1. The van der Waals surface area contributed by atoms with Gasteiger partial charge in [0.25, 0.3) is 5.91 Å². The highest BCUT2D eigenvalue weighted by Gasteiger charge is 2.76. The van der Waals surface area contributed by atoms with E-state index in [2.05, 4.69) is 29.1 Å². The Balaban J connectivity index is 1.65. The number of alkyl halides is 1. The first-order chi connectivity index (χ1) is 21.3. The van der Waals surface area contributed by atoms with E-state index in [1.807, 2.05) is 49.4 Å². The lowest BCUT2D eigenvalue weighted by molar-refractivity contribution is -0.145. The molecule has 0 aromatic heterocycles. The fourth-order valence-electron chi connectivity index (χ4n) is 7.28. The molecule has 5 rings (SSSR count). The molecule has 2 bridgehead atoms. The van der Waals surface area contributed by atoms with Crippen molar-refractivity contribution in [2.24, 2.45) is 11.8 Å². The second kappa shape index (κ2) is 13.5. The Morgan fingerprint density at radius 3 is 2.41 bits per heavy atom. The van der Waals surface area contributed by atoms with Crippen LogP contribution in [-0.4, -0.2) is 86.8 Å². The van der Waals surface area contributed by atoms with Crippen LogP contribution in [0.15, 0.2) is 79.9 Å². The van der Waals surface area contributed by atoms with Gasteiger partial charge in [-0.3, -0.25) is 14.4 Å². The first kappa shape index (κ1) is 32.3. The maximum absolute atomic E-state index is 15.0. The second-order valence-corrected chi connectivity index (χ2v) is 14.2. The van der Waals surface area contributed by atoms with Crippen molar-refractivity contribution in [2.75, 3.05) is 38.3 Å². The molecule has 1 N–H and O–H groups in total. The SMILES string of the molecule is C=CCN(CCC)C(=O)[C@H]1[C@@H]2SC3(CC2Br)C(C(=O)N(CC=C)c2ccc(OC)cc2)N([C@H](CO)c2ccccc2)C(=O)[C@H]13. The quantitative estimate of drug-likeness (QED) is 0.241. The van der Waals surface area contributed by atoms with E-state index in [0.717, 1.165) is 12.0 Å². The molecule has 3 amide bonds. The number of benzene rings is 2. The molecule has 3 saturated heterocycles. The number of aliphatic hydroxyl groups excluding tert-OH is 1. The Bertz CT molecular complexity index is 1390. The summed E-state index contributed by atoms with van der Waals surface area (Å²) in [7, 11) is 1.58. The summed E-state index contributed by atoms with van der Waals surface area (Å²) in [6, 6.07) is 14.8. The zero-order chi connectivity index (χ0) is 31.6. The number of ether oxygens (including phenoxy) is 1. The molecule has 0 saturated carbocycles. The highest BCUT2D eigenvalue weighted by Crippen LogP contribution is 2.68. The van der Waals surface area contributed by atoms with Gasteiger partial charge in [-0.25, -0.2) is 0 Å². The lowest BCUT2D eigenvalue weighted by atomic mass is 9.70. The summed E-state index contributed by atoms with van der Waals surface area (Å²) in [6.45, 7) is 10.6. The van der Waals surface area contributed by atoms with Crippen molar-refractivity contribution in [3.8, 4) is 5.75 Å². The molecule has 7 atom stereocenters. The molecule has 10 heteroatoms. The number of methoxy groups -OCH3 is 1. The molecule has 0 aliphatic carbocycles. The number of hydrogen-bond acceptors (Lipinski definition) is 6. The molecular weight excluding hydrogens is 642 g/mol. The number of fused-ring (bicyclic) bond motifs is 1. The minimum Gasteiger partial charge on any atom is -0.497 e. The summed E-state index contributed by atoms with van der Waals surface area (Å²) in [6.07, 6.45) is 4.69. The fraction of sp³-hybridized carbons (Fsp3) is 0.441. The highest BCUT2D eigenvalue weighted by atomic mass is 79.9. The van der Waals surface area contributed by atoms with E-state index >= 15 is 0 Å². The van der Waals surface area contributed by atoms with Crippen LogP contribution in [0.2, 0.25) is 0 Å². The molecule has 234 valence electrons. The predicted octanol–water partition coefficient (Wildman–Crippen LogP) is 4.84. The Kier molecular flexibility index (Phi) is 9.92. The maximum Gasteiger partial charge on any atom is 0.251 e. The average molecular weight is 683 g/mol. The summed E-state index contributed by atoms with van der Waals surface area (Å²) in [5, 5.41) is 10.6. The first-order valence-corrected chi connectivity index (χ1v) is 16.8. The van der Waals surface area contributed by atoms with Crippen molar-refractivity contribution in [1.82, 2.24) is 9.80 Å². The minimum absolute atomic E-state index is 0.0638. The van der Waals surface area contributed by atoms with E-state index in [1.54, 1.807) is 57.9 Å². The van der Waals surface area contributed by atoms with Gasteiger partial charge in [-0.15, -0.1) is 24.9 Å². The summed E-state index contributed by atoms with van der Waals surface area (Å²) in [5.41, 5.74) is 1.37. The summed E-state index contributed by atoms with van der Waals surface area (Å²) >= 11 is 5.45. The number of carbonyl (C=O) groups is 3. The van der Waals surface area contributed by atoms with E-state index in [-0.39, 0.29) is 41.0 Å². The van der Waals surface area contributed by atoms with Crippen LogP contribution < -0.4 is 9.64 Å². The number of hydrogen-bond donors (Lipinski definition) is 1. The maximum atomic E-state index is 15.0. The predicted molar refractivity (Wildman–Crippen MR) is 178 cm³/mol. The number of amides is 3. The van der Waals surface area contributed by atoms with Crippen LogP contribution >= 0.6 is 27.7 Å². The lowest BCUT2D eigenvalue weighted by Crippen LogP contribution is -2.56. The zero-order valence-electron chi connectivity index (χ0n) is 25.2. The third-order valence-electron chi connectivity index (χ3n) is 9.06. The number of halogens is 1. The van der Waals surface area contributed by atoms with Crippen LogP contribution in [0.5, 0.6) is 5.75 Å². The Morgan fingerprint density at radius 2 is 1.82 bits per heavy atom. The van der Waals surface area contributed by atoms with Crippen molar-refractivity contribution in [3.63, 3.8) is 0 Å². The largest absolute Gasteiger partial charge is 0.497 e. The van der Waals surface area contributed by atoms with Crippen molar-refractivity contribution in [3.05, 3.63) is 85.5 Å². The van der Waals surface area contributed by atoms with Crippen LogP contribution in [-0.2, 0) is 14.4 Å². The highest BCUT2D eigenvalue weighted by molar-refractivity contribution is 9.09. The van der Waals surface area contributed by atoms with Crippen molar-refractivity contribution in [2.45, 2.75) is 46.7 Å². The van der Waals surface area contributed by atoms with E-state index in [1.165, 1.54) is 0 Å². The van der Waals surface area contributed by atoms with Gasteiger partial charge in [-0.2, -0.15) is 0 Å². The minimum atomic E-state index is -0.925. The third kappa shape index (κ3) is 5.39. The van der Waals surface area contributed by atoms with Gasteiger partial charge < -0.3 is 24.5 Å². The van der Waals surface area contributed by atoms with Crippen LogP contribution in [0, 0.1) is 11.8 Å². The molecule has 3 unspecified atom stereocenters. The molecule has 3 heterocycles. The summed E-state index contributed by atoms with van der Waals surface area (Å²) in [4.78, 5) is 49.0. The molecule has 44 heavy (non-hydrogen) atoms. The van der Waals surface area contributed by atoms with Crippen molar-refractivity contribution >= 4 is 51.1 Å². The van der Waals surface area contributed by atoms with Crippen LogP contribution in [0.3, 0.4) is 0 Å². The number of aliphatic hydroxyl groups is 1. The topological polar surface area (TPSA) is 90.4 Å². The van der Waals surface area contributed by atoms with Gasteiger partial charge in [0.2, 0.25) is 11.8 Å². The van der Waals surface area contributed by atoms with Gasteiger partial charge in [0.15, 0.2) is 0 Å². The van der Waals surface area contributed by atoms with Gasteiger partial charge in [0, 0.05) is 35.4 Å². The monoisotopic (exact) mass is 681 g/mol. The number of thioether (sulfide) groups is 1. The number of rotatable bonds is 13. The molecule has 2 aromatic carbocycles. The van der Waals surface area contributed by atoms with Gasteiger partial charge in [0.1, 0.15) is 11.8 Å². The lowest BCUT2D eigenvalue weighted by Gasteiger charge is -2.40. The van der Waals surface area contributed by atoms with E-state index < -0.39 is 28.7 Å². The molecule has 3 fully saturated rings. The molecule has 0 radical (unpaired) electrons. The Hall–Kier alpha value is -3.08. The van der Waals surface area contributed by atoms with E-state index in [0.29, 0.717) is 30.9 Å². The number of nitrogens with zero attached hydrogens (tertiary/aromatic N) is 3. The standard InChI is InChI=1S/C34H40BrN3O5S/c1-5-17-36(18-6-2)31(40)27-28-32(41)38(26(21-39)22-11-9-8-10-12-22)30(34(28)20-25(35)29(27)44-34)33(42)37(19-7-3)23-13-15-24(43-4)16-14-23/h5,7-16,25-30,39H,1,3,6,17-21H2,2,4H3/t25?,26-,27-,28+,29-,30?,34?/m1/s1. The molecule has 8 nitrogen and oxygen atoms in total. The van der Waals surface area contributed by atoms with Gasteiger partial charge in [-0.1, -0.05) is 65.3 Å². The summed E-state index contributed by atoms with van der Waals surface area (Å²) < 4.78 is 4.47. The fourth-order valence-corrected chi connectivity index (χ4v) is 10.9. The average Bonchev–Trinajstić information content (AvgIpc) is 3.63. The molecule has 3 aliphatic rings. The van der Waals surface area contributed by atoms with Crippen LogP contribution in [0.1, 0.15) is 31.4 Å². The van der Waals surface area contributed by atoms with Gasteiger partial charge in [0.05, 0.1) is 36.3 Å². The number of carbonyl (C=O) groups excluding carboxylic acids is 3. The smallest absolute Gasteiger partial charge is 0.251 e. The third-order valence-corrected chi connectivity index (χ3v) is 12.3. The Labute approximate surface area is 272 Å². The second-order valence-electron chi connectivity index (χ2n) is 11.5. The Morgan fingerprint density at radius 1 is 1.14 bits per heavy atom. The van der Waals surface area contributed by atoms with E-state index in [9.17, 15) is 19.5 Å². The molecule has 3 aliphatic heterocycles. The number of anilines is 1. The zero-order valence-corrected chi connectivity index (χ0v) is 27.6. The molecule has 2 aromatic rings. The molecular formula is C34H40BrN3O5S. The van der Waals surface area contributed by atoms with E-state index in [4.69, 9.17) is 4.74 Å². The van der Waals surface area contributed by atoms with Crippen molar-refractivity contribution < 1.29 is 24.2 Å². The normalized spacial score (nSPS) is 27.5.